The number of aliphatic hydroxyl groups excluding tert-OH is 1. The van der Waals surface area contributed by atoms with Gasteiger partial charge in [0, 0.05) is 13.3 Å². The van der Waals surface area contributed by atoms with Gasteiger partial charge in [-0.3, -0.25) is 57.5 Å². The summed E-state index contributed by atoms with van der Waals surface area (Å²) in [6, 6.07) is -4.54. The number of unbranched alkanes of at least 4 members (excludes halogenated alkanes) is 2. The monoisotopic (exact) mass is 1100 g/mol. The number of rotatable bonds is 37. The molecule has 20 N–H and O–H groups in total. The van der Waals surface area contributed by atoms with E-state index in [0.29, 0.717) is 37.8 Å². The summed E-state index contributed by atoms with van der Waals surface area (Å²) in [6.07, 6.45) is -1.19. The first-order valence-electron chi connectivity index (χ1n) is 26.3. The molecule has 0 fully saturated rings. The Morgan fingerprint density at radius 3 is 1.27 bits per heavy atom. The molecule has 0 saturated carbocycles. The number of nitrogens with two attached hydrogens (primary N) is 5. The number of carbonyl (C=O) groups is 12. The number of carbonyl (C=O) groups excluding carboxylic acids is 12. The highest BCUT2D eigenvalue weighted by atomic mass is 16.3. The molecule has 0 spiro atoms. The van der Waals surface area contributed by atoms with E-state index in [2.05, 4.69) is 47.9 Å². The number of benzene rings is 1. The number of primary amides is 3. The molecule has 11 atom stereocenters. The SMILES string of the molecule is CC[C@H](C)[C@H](NC(C)=O)C(=O)N[C@H](C(=O)N[C@H](C(=O)N[C@@H](Cc1ccccc1)C(=O)N[C@@H](CCCCN)C(=O)N[C@H](C(=O)N[C@@H](CC(N)=O)C(=O)N[C@@H](CC(N)=O)C(=O)N[C@@H](CCCCN)C(N)=O)C(C)C)[C@@H](C)O)C(C)C. The Balaban J connectivity index is 3.55. The molecule has 0 saturated heterocycles. The van der Waals surface area contributed by atoms with Crippen molar-refractivity contribution in [1.82, 2.24) is 47.9 Å². The molecule has 0 aliphatic carbocycles. The Morgan fingerprint density at radius 2 is 0.833 bits per heavy atom. The second-order valence-corrected chi connectivity index (χ2v) is 20.1. The van der Waals surface area contributed by atoms with Crippen LogP contribution in [0.1, 0.15) is 119 Å². The summed E-state index contributed by atoms with van der Waals surface area (Å²) in [4.78, 5) is 159. The highest BCUT2D eigenvalue weighted by Crippen LogP contribution is 2.13. The smallest absolute Gasteiger partial charge is 0.245 e. The molecule has 438 valence electrons. The Morgan fingerprint density at radius 1 is 0.462 bits per heavy atom. The van der Waals surface area contributed by atoms with Crippen molar-refractivity contribution in [2.45, 2.75) is 180 Å². The Hall–Kier alpha value is -7.26. The molecule has 1 aromatic rings. The lowest BCUT2D eigenvalue weighted by molar-refractivity contribution is -0.138. The van der Waals surface area contributed by atoms with Gasteiger partial charge in [0.2, 0.25) is 70.9 Å². The number of nitrogens with one attached hydrogen (secondary N) is 9. The highest BCUT2D eigenvalue weighted by Gasteiger charge is 2.38. The predicted octanol–water partition coefficient (Wildman–Crippen LogP) is -4.15. The van der Waals surface area contributed by atoms with Gasteiger partial charge >= 0.3 is 0 Å². The first-order valence-corrected chi connectivity index (χ1v) is 26.3. The van der Waals surface area contributed by atoms with Crippen molar-refractivity contribution < 1.29 is 62.6 Å². The zero-order chi connectivity index (χ0) is 59.4. The average Bonchev–Trinajstić information content (AvgIpc) is 3.35. The largest absolute Gasteiger partial charge is 0.391 e. The third-order valence-corrected chi connectivity index (χ3v) is 12.6. The van der Waals surface area contributed by atoms with Crippen LogP contribution in [0, 0.1) is 17.8 Å². The molecule has 27 nitrogen and oxygen atoms in total. The maximum Gasteiger partial charge on any atom is 0.245 e. The normalized spacial score (nSPS) is 15.4. The Kier molecular flexibility index (Phi) is 31.0. The van der Waals surface area contributed by atoms with Gasteiger partial charge in [-0.1, -0.05) is 78.3 Å². The first kappa shape index (κ1) is 68.8. The summed E-state index contributed by atoms with van der Waals surface area (Å²) in [5, 5.41) is 33.4. The van der Waals surface area contributed by atoms with Crippen LogP contribution in [0.2, 0.25) is 0 Å². The topological polar surface area (TPSA) is 463 Å². The summed E-state index contributed by atoms with van der Waals surface area (Å²) in [5.41, 5.74) is 28.1. The molecule has 0 unspecified atom stereocenters. The van der Waals surface area contributed by atoms with Gasteiger partial charge in [-0.05, 0) is 81.9 Å². The lowest BCUT2D eigenvalue weighted by atomic mass is 9.96. The number of amides is 12. The van der Waals surface area contributed by atoms with E-state index in [1.807, 2.05) is 6.92 Å². The lowest BCUT2D eigenvalue weighted by Crippen LogP contribution is -2.63. The van der Waals surface area contributed by atoms with Crippen LogP contribution in [0.4, 0.5) is 0 Å². The fraction of sp³-hybridized carbons (Fsp3) is 0.647. The zero-order valence-corrected chi connectivity index (χ0v) is 46.1. The third-order valence-electron chi connectivity index (χ3n) is 12.6. The van der Waals surface area contributed by atoms with Crippen LogP contribution >= 0.6 is 0 Å². The van der Waals surface area contributed by atoms with Crippen LogP contribution in [0.15, 0.2) is 30.3 Å². The minimum atomic E-state index is -1.79. The molecule has 0 aliphatic rings. The van der Waals surface area contributed by atoms with Crippen molar-refractivity contribution in [3.63, 3.8) is 0 Å². The van der Waals surface area contributed by atoms with Crippen LogP contribution in [-0.4, -0.2) is 150 Å². The van der Waals surface area contributed by atoms with E-state index in [0.717, 1.165) is 0 Å². The van der Waals surface area contributed by atoms with Crippen LogP contribution in [0.3, 0.4) is 0 Å². The van der Waals surface area contributed by atoms with Crippen molar-refractivity contribution in [3.8, 4) is 0 Å². The van der Waals surface area contributed by atoms with Gasteiger partial charge in [-0.2, -0.15) is 0 Å². The maximum absolute atomic E-state index is 14.4. The zero-order valence-electron chi connectivity index (χ0n) is 46.1. The molecular weight excluding hydrogens is 1020 g/mol. The Bertz CT molecular complexity index is 2200. The summed E-state index contributed by atoms with van der Waals surface area (Å²) >= 11 is 0. The minimum absolute atomic E-state index is 0.0403. The van der Waals surface area contributed by atoms with E-state index in [1.165, 1.54) is 13.8 Å². The fourth-order valence-electron chi connectivity index (χ4n) is 7.90. The van der Waals surface area contributed by atoms with Crippen molar-refractivity contribution in [2.75, 3.05) is 13.1 Å². The highest BCUT2D eigenvalue weighted by molar-refractivity contribution is 6.00. The van der Waals surface area contributed by atoms with E-state index in [9.17, 15) is 62.6 Å². The molecule has 0 heterocycles. The van der Waals surface area contributed by atoms with Crippen molar-refractivity contribution in [3.05, 3.63) is 35.9 Å². The van der Waals surface area contributed by atoms with Crippen molar-refractivity contribution >= 4 is 70.9 Å². The molecule has 0 bridgehead atoms. The van der Waals surface area contributed by atoms with E-state index in [-0.39, 0.29) is 38.1 Å². The van der Waals surface area contributed by atoms with Crippen molar-refractivity contribution in [2.24, 2.45) is 46.4 Å². The van der Waals surface area contributed by atoms with Crippen LogP contribution < -0.4 is 76.5 Å². The van der Waals surface area contributed by atoms with Gasteiger partial charge in [0.25, 0.3) is 0 Å². The summed E-state index contributed by atoms with van der Waals surface area (Å²) in [5.74, 6) is -12.6. The van der Waals surface area contributed by atoms with Crippen molar-refractivity contribution in [1.29, 1.82) is 0 Å². The summed E-state index contributed by atoms with van der Waals surface area (Å²) in [6.45, 7) is 12.9. The molecule has 0 aromatic heterocycles. The summed E-state index contributed by atoms with van der Waals surface area (Å²) < 4.78 is 0. The maximum atomic E-state index is 14.4. The number of aliphatic hydroxyl groups is 1. The van der Waals surface area contributed by atoms with Gasteiger partial charge in [-0.25, -0.2) is 0 Å². The van der Waals surface area contributed by atoms with Crippen LogP contribution in [0.5, 0.6) is 0 Å². The lowest BCUT2D eigenvalue weighted by Gasteiger charge is -2.30. The van der Waals surface area contributed by atoms with Gasteiger partial charge < -0.3 is 81.6 Å². The Labute approximate surface area is 455 Å². The molecule has 0 radical (unpaired) electrons. The van der Waals surface area contributed by atoms with Gasteiger partial charge in [0.15, 0.2) is 0 Å². The van der Waals surface area contributed by atoms with Gasteiger partial charge in [-0.15, -0.1) is 0 Å². The van der Waals surface area contributed by atoms with Gasteiger partial charge in [0.1, 0.15) is 54.4 Å². The molecule has 1 aromatic carbocycles. The number of hydrogen-bond acceptors (Lipinski definition) is 15. The predicted molar refractivity (Wildman–Crippen MR) is 287 cm³/mol. The second kappa shape index (κ2) is 35.2. The molecule has 12 amide bonds. The third kappa shape index (κ3) is 24.8. The molecule has 78 heavy (non-hydrogen) atoms. The molecule has 27 heteroatoms. The fourth-order valence-corrected chi connectivity index (χ4v) is 7.90. The van der Waals surface area contributed by atoms with E-state index < -0.39 is 156 Å². The number of hydrogen-bond donors (Lipinski definition) is 15. The van der Waals surface area contributed by atoms with Gasteiger partial charge in [0.05, 0.1) is 18.9 Å². The van der Waals surface area contributed by atoms with Crippen LogP contribution in [-0.2, 0) is 64.0 Å². The van der Waals surface area contributed by atoms with E-state index >= 15 is 0 Å². The standard InChI is InChI=1S/C51H86N14O13/c1-9-28(6)41(57-30(8)67)50(77)64-40(27(4)5)49(76)65-42(29(7)66)51(78)61-34(23-31-17-11-10-12-18-31)45(72)59-33(20-14-16-22-53)44(71)63-39(26(2)3)48(75)62-36(25-38(55)69)47(74)60-35(24-37(54)68)46(73)58-32(43(56)70)19-13-15-21-52/h10-12,17-18,26-29,32-36,39-42,66H,9,13-16,19-25,52-53H2,1-8H3,(H2,54,68)(H2,55,69)(H2,56,70)(H,57,67)(H,58,73)(H,59,72)(H,60,74)(H,61,78)(H,62,75)(H,63,71)(H,64,77)(H,65,76)/t28-,29+,32-,33-,34-,35-,36-,39-,40-,41-,42-/m0/s1. The second-order valence-electron chi connectivity index (χ2n) is 20.1. The molecule has 0 aliphatic heterocycles. The van der Waals surface area contributed by atoms with E-state index in [4.69, 9.17) is 28.7 Å². The average molecular weight is 1100 g/mol. The van der Waals surface area contributed by atoms with Crippen LogP contribution in [0.25, 0.3) is 0 Å². The molecule has 1 rings (SSSR count). The minimum Gasteiger partial charge on any atom is -0.391 e. The first-order chi connectivity index (χ1) is 36.6. The molecular formula is C51H86N14O13. The van der Waals surface area contributed by atoms with E-state index in [1.54, 1.807) is 65.0 Å². The summed E-state index contributed by atoms with van der Waals surface area (Å²) in [7, 11) is 0. The quantitative estimate of drug-likeness (QED) is 0.0281.